The zero-order valence-electron chi connectivity index (χ0n) is 14.2. The Hall–Kier alpha value is -2.99. The molecule has 0 spiro atoms. The first-order valence-corrected chi connectivity index (χ1v) is 8.82. The largest absolute Gasteiger partial charge is 0.379 e. The predicted molar refractivity (Wildman–Crippen MR) is 98.6 cm³/mol. The zero-order chi connectivity index (χ0) is 17.3. The maximum absolute atomic E-state index is 5.86. The monoisotopic (exact) mass is 345 g/mol. The topological polar surface area (TPSA) is 68.6 Å². The van der Waals surface area contributed by atoms with Crippen LogP contribution in [-0.4, -0.2) is 37.7 Å². The number of fused-ring (bicyclic) bond motifs is 1. The van der Waals surface area contributed by atoms with E-state index in [0.29, 0.717) is 12.5 Å². The number of nitrogens with one attached hydrogen (secondary N) is 1. The summed E-state index contributed by atoms with van der Waals surface area (Å²) in [6.07, 6.45) is 10.2. The Kier molecular flexibility index (Phi) is 3.75. The van der Waals surface area contributed by atoms with E-state index in [9.17, 15) is 0 Å². The van der Waals surface area contributed by atoms with Crippen molar-refractivity contribution in [1.29, 1.82) is 0 Å². The van der Waals surface area contributed by atoms with Crippen LogP contribution in [0.2, 0.25) is 0 Å². The van der Waals surface area contributed by atoms with Crippen LogP contribution < -0.4 is 0 Å². The fourth-order valence-electron chi connectivity index (χ4n) is 3.87. The molecule has 1 N–H and O–H groups in total. The molecule has 26 heavy (non-hydrogen) atoms. The maximum atomic E-state index is 5.86. The number of rotatable bonds is 4. The SMILES string of the molecule is c1ccc2c(C[C@@H]3COC[C@H]3n3ccnc3-c3cnc[nH]3)ccnc2c1. The highest BCUT2D eigenvalue weighted by Gasteiger charge is 2.31. The summed E-state index contributed by atoms with van der Waals surface area (Å²) in [4.78, 5) is 16.3. The molecule has 1 aliphatic rings. The van der Waals surface area contributed by atoms with Crippen molar-refractivity contribution in [2.45, 2.75) is 12.5 Å². The molecule has 1 aromatic carbocycles. The second kappa shape index (κ2) is 6.38. The molecule has 0 bridgehead atoms. The first-order chi connectivity index (χ1) is 12.9. The van der Waals surface area contributed by atoms with Crippen LogP contribution in [0.5, 0.6) is 0 Å². The van der Waals surface area contributed by atoms with Crippen LogP contribution in [0.4, 0.5) is 0 Å². The van der Waals surface area contributed by atoms with Gasteiger partial charge in [-0.25, -0.2) is 9.97 Å². The van der Waals surface area contributed by atoms with E-state index in [4.69, 9.17) is 4.74 Å². The number of benzene rings is 1. The van der Waals surface area contributed by atoms with E-state index in [1.54, 1.807) is 12.5 Å². The summed E-state index contributed by atoms with van der Waals surface area (Å²) < 4.78 is 8.08. The van der Waals surface area contributed by atoms with Crippen LogP contribution in [-0.2, 0) is 11.2 Å². The molecule has 1 saturated heterocycles. The third kappa shape index (κ3) is 2.59. The van der Waals surface area contributed by atoms with Gasteiger partial charge >= 0.3 is 0 Å². The normalized spacial score (nSPS) is 20.0. The second-order valence-electron chi connectivity index (χ2n) is 6.68. The first kappa shape index (κ1) is 15.3. The van der Waals surface area contributed by atoms with Gasteiger partial charge in [0.2, 0.25) is 0 Å². The Labute approximate surface area is 150 Å². The van der Waals surface area contributed by atoms with Gasteiger partial charge in [0.1, 0.15) is 5.69 Å². The standard InChI is InChI=1S/C20H19N5O/c1-2-4-17-16(3-1)14(5-6-22-17)9-15-11-26-12-19(15)25-8-7-23-20(25)18-10-21-13-24-18/h1-8,10,13,15,19H,9,11-12H2,(H,21,24)/t15-,19-/m1/s1. The molecule has 3 aromatic heterocycles. The number of aromatic amines is 1. The minimum absolute atomic E-state index is 0.253. The van der Waals surface area contributed by atoms with Crippen LogP contribution >= 0.6 is 0 Å². The van der Waals surface area contributed by atoms with Crippen molar-refractivity contribution in [2.75, 3.05) is 13.2 Å². The molecule has 0 radical (unpaired) electrons. The molecule has 2 atom stereocenters. The number of para-hydroxylation sites is 1. The number of ether oxygens (including phenoxy) is 1. The number of aromatic nitrogens is 5. The maximum Gasteiger partial charge on any atom is 0.158 e. The summed E-state index contributed by atoms with van der Waals surface area (Å²) in [7, 11) is 0. The highest BCUT2D eigenvalue weighted by atomic mass is 16.5. The van der Waals surface area contributed by atoms with Gasteiger partial charge in [-0.15, -0.1) is 0 Å². The molecule has 1 aliphatic heterocycles. The third-order valence-corrected chi connectivity index (χ3v) is 5.15. The predicted octanol–water partition coefficient (Wildman–Crippen LogP) is 3.25. The lowest BCUT2D eigenvalue weighted by molar-refractivity contribution is 0.181. The number of hydrogen-bond donors (Lipinski definition) is 1. The number of H-pyrrole nitrogens is 1. The number of nitrogens with zero attached hydrogens (tertiary/aromatic N) is 4. The van der Waals surface area contributed by atoms with Crippen LogP contribution in [0.1, 0.15) is 11.6 Å². The van der Waals surface area contributed by atoms with E-state index in [1.807, 2.05) is 24.7 Å². The van der Waals surface area contributed by atoms with Crippen molar-refractivity contribution in [3.8, 4) is 11.5 Å². The van der Waals surface area contributed by atoms with Crippen molar-refractivity contribution < 1.29 is 4.74 Å². The molecule has 0 saturated carbocycles. The summed E-state index contributed by atoms with van der Waals surface area (Å²) in [6, 6.07) is 10.7. The molecular weight excluding hydrogens is 326 g/mol. The number of imidazole rings is 2. The fourth-order valence-corrected chi connectivity index (χ4v) is 3.87. The van der Waals surface area contributed by atoms with E-state index in [1.165, 1.54) is 10.9 Å². The van der Waals surface area contributed by atoms with Gasteiger partial charge in [-0.3, -0.25) is 4.98 Å². The quantitative estimate of drug-likeness (QED) is 0.616. The molecule has 0 aliphatic carbocycles. The lowest BCUT2D eigenvalue weighted by atomic mass is 9.93. The van der Waals surface area contributed by atoms with Gasteiger partial charge in [-0.1, -0.05) is 18.2 Å². The van der Waals surface area contributed by atoms with Crippen LogP contribution in [0.25, 0.3) is 22.4 Å². The summed E-state index contributed by atoms with van der Waals surface area (Å²) >= 11 is 0. The average Bonchev–Trinajstić information content (AvgIpc) is 3.42. The highest BCUT2D eigenvalue weighted by Crippen LogP contribution is 2.33. The summed E-state index contributed by atoms with van der Waals surface area (Å²) in [6.45, 7) is 1.45. The fraction of sp³-hybridized carbons (Fsp3) is 0.250. The average molecular weight is 345 g/mol. The third-order valence-electron chi connectivity index (χ3n) is 5.15. The van der Waals surface area contributed by atoms with E-state index in [0.717, 1.165) is 30.1 Å². The summed E-state index contributed by atoms with van der Waals surface area (Å²) in [5, 5.41) is 1.22. The molecular formula is C20H19N5O. The number of hydrogen-bond acceptors (Lipinski definition) is 4. The van der Waals surface area contributed by atoms with Gasteiger partial charge in [0.25, 0.3) is 0 Å². The van der Waals surface area contributed by atoms with Crippen molar-refractivity contribution in [1.82, 2.24) is 24.5 Å². The van der Waals surface area contributed by atoms with Crippen LogP contribution in [0.15, 0.2) is 61.4 Å². The van der Waals surface area contributed by atoms with Crippen molar-refractivity contribution >= 4 is 10.9 Å². The first-order valence-electron chi connectivity index (χ1n) is 8.82. The van der Waals surface area contributed by atoms with Gasteiger partial charge in [-0.2, -0.15) is 0 Å². The minimum atomic E-state index is 0.253. The Morgan fingerprint density at radius 1 is 1.12 bits per heavy atom. The zero-order valence-corrected chi connectivity index (χ0v) is 14.2. The second-order valence-corrected chi connectivity index (χ2v) is 6.68. The van der Waals surface area contributed by atoms with Gasteiger partial charge in [0.15, 0.2) is 5.82 Å². The van der Waals surface area contributed by atoms with Crippen LogP contribution in [0, 0.1) is 5.92 Å². The number of pyridine rings is 1. The van der Waals surface area contributed by atoms with Gasteiger partial charge < -0.3 is 14.3 Å². The Morgan fingerprint density at radius 2 is 2.08 bits per heavy atom. The molecule has 0 amide bonds. The molecule has 130 valence electrons. The minimum Gasteiger partial charge on any atom is -0.379 e. The summed E-state index contributed by atoms with van der Waals surface area (Å²) in [5.74, 6) is 1.29. The van der Waals surface area contributed by atoms with Crippen LogP contribution in [0.3, 0.4) is 0 Å². The molecule has 4 aromatic rings. The van der Waals surface area contributed by atoms with Crippen molar-refractivity contribution in [3.05, 3.63) is 67.0 Å². The molecule has 6 heteroatoms. The lowest BCUT2D eigenvalue weighted by Gasteiger charge is -2.21. The van der Waals surface area contributed by atoms with Gasteiger partial charge in [0.05, 0.1) is 37.3 Å². The lowest BCUT2D eigenvalue weighted by Crippen LogP contribution is -2.20. The molecule has 5 rings (SSSR count). The van der Waals surface area contributed by atoms with E-state index >= 15 is 0 Å². The van der Waals surface area contributed by atoms with E-state index in [2.05, 4.69) is 48.8 Å². The van der Waals surface area contributed by atoms with Crippen molar-refractivity contribution in [3.63, 3.8) is 0 Å². The van der Waals surface area contributed by atoms with E-state index in [-0.39, 0.29) is 6.04 Å². The Morgan fingerprint density at radius 3 is 3.00 bits per heavy atom. The van der Waals surface area contributed by atoms with Crippen molar-refractivity contribution in [2.24, 2.45) is 5.92 Å². The summed E-state index contributed by atoms with van der Waals surface area (Å²) in [5.41, 5.74) is 3.29. The van der Waals surface area contributed by atoms with Gasteiger partial charge in [0, 0.05) is 29.9 Å². The van der Waals surface area contributed by atoms with Gasteiger partial charge in [-0.05, 0) is 24.1 Å². The van der Waals surface area contributed by atoms with E-state index < -0.39 is 0 Å². The smallest absolute Gasteiger partial charge is 0.158 e. The molecule has 6 nitrogen and oxygen atoms in total. The Bertz CT molecular complexity index is 1020. The highest BCUT2D eigenvalue weighted by molar-refractivity contribution is 5.81. The molecule has 4 heterocycles. The molecule has 1 fully saturated rings. The molecule has 0 unspecified atom stereocenters. The Balaban J connectivity index is 1.48.